The molecule has 14 heavy (non-hydrogen) atoms. The van der Waals surface area contributed by atoms with E-state index < -0.39 is 21.2 Å². The normalized spacial score (nSPS) is 33.5. The molecule has 0 radical (unpaired) electrons. The van der Waals surface area contributed by atoms with Crippen LogP contribution >= 0.6 is 0 Å². The van der Waals surface area contributed by atoms with Gasteiger partial charge in [0.15, 0.2) is 5.79 Å². The Bertz CT molecular complexity index is 296. The molecule has 0 bridgehead atoms. The molecule has 0 aromatic carbocycles. The zero-order chi connectivity index (χ0) is 10.4. The second-order valence-corrected chi connectivity index (χ2v) is 6.10. The van der Waals surface area contributed by atoms with E-state index in [4.69, 9.17) is 9.47 Å². The molecule has 1 heterocycles. The smallest absolute Gasteiger partial charge is 0.163 e. The van der Waals surface area contributed by atoms with Crippen molar-refractivity contribution in [2.45, 2.75) is 49.7 Å². The quantitative estimate of drug-likeness (QED) is 0.710. The van der Waals surface area contributed by atoms with Crippen LogP contribution < -0.4 is 0 Å². The minimum atomic E-state index is -2.32. The molecular weight excluding hydrogens is 204 g/mol. The van der Waals surface area contributed by atoms with E-state index in [1.807, 2.05) is 13.8 Å². The summed E-state index contributed by atoms with van der Waals surface area (Å²) >= 11 is 0. The first-order chi connectivity index (χ1) is 6.44. The largest absolute Gasteiger partial charge is 0.348 e. The fourth-order valence-corrected chi connectivity index (χ4v) is 2.72. The lowest BCUT2D eigenvalue weighted by Gasteiger charge is -2.18. The van der Waals surface area contributed by atoms with E-state index in [0.29, 0.717) is 13.0 Å². The molecule has 5 heteroatoms. The summed E-state index contributed by atoms with van der Waals surface area (Å²) in [5.41, 5.74) is 0. The van der Waals surface area contributed by atoms with E-state index in [-0.39, 0.29) is 6.10 Å². The number of rotatable bonds is 3. The highest BCUT2D eigenvalue weighted by atomic mass is 32.2. The summed E-state index contributed by atoms with van der Waals surface area (Å²) < 4.78 is 32.5. The average molecular weight is 220 g/mol. The van der Waals surface area contributed by atoms with E-state index in [1.165, 1.54) is 0 Å². The molecule has 0 amide bonds. The zero-order valence-corrected chi connectivity index (χ0v) is 9.38. The van der Waals surface area contributed by atoms with E-state index in [2.05, 4.69) is 0 Å². The van der Waals surface area contributed by atoms with Gasteiger partial charge < -0.3 is 9.47 Å². The monoisotopic (exact) mass is 220 g/mol. The summed E-state index contributed by atoms with van der Waals surface area (Å²) in [4.78, 5) is 0. The molecule has 1 atom stereocenters. The van der Waals surface area contributed by atoms with Gasteiger partial charge in [0.1, 0.15) is 10.7 Å². The first-order valence-corrected chi connectivity index (χ1v) is 6.08. The maximum absolute atomic E-state index is 11.0. The summed E-state index contributed by atoms with van der Waals surface area (Å²) in [6.45, 7) is 4.21. The van der Waals surface area contributed by atoms with E-state index >= 15 is 0 Å². The van der Waals surface area contributed by atoms with Crippen LogP contribution in [0.2, 0.25) is 0 Å². The fourth-order valence-electron chi connectivity index (χ4n) is 1.89. The van der Waals surface area contributed by atoms with E-state index in [0.717, 1.165) is 12.8 Å². The van der Waals surface area contributed by atoms with Crippen molar-refractivity contribution in [2.75, 3.05) is 6.61 Å². The van der Waals surface area contributed by atoms with Crippen LogP contribution in [0.3, 0.4) is 0 Å². The van der Waals surface area contributed by atoms with Gasteiger partial charge in [-0.05, 0) is 33.1 Å². The number of hydrogen-bond acceptors (Lipinski definition) is 4. The van der Waals surface area contributed by atoms with Crippen LogP contribution in [0.4, 0.5) is 0 Å². The highest BCUT2D eigenvalue weighted by Gasteiger charge is 2.50. The van der Waals surface area contributed by atoms with Crippen molar-refractivity contribution in [1.29, 1.82) is 0 Å². The van der Waals surface area contributed by atoms with Crippen molar-refractivity contribution in [1.82, 2.24) is 0 Å². The second kappa shape index (κ2) is 3.18. The summed E-state index contributed by atoms with van der Waals surface area (Å²) in [6, 6.07) is 0. The molecule has 2 aliphatic rings. The molecule has 0 N–H and O–H groups in total. The summed E-state index contributed by atoms with van der Waals surface area (Å²) in [5, 5.41) is 0. The molecule has 1 saturated heterocycles. The molecule has 1 saturated carbocycles. The van der Waals surface area contributed by atoms with Crippen molar-refractivity contribution in [2.24, 2.45) is 0 Å². The van der Waals surface area contributed by atoms with Gasteiger partial charge >= 0.3 is 0 Å². The number of ether oxygens (including phenoxy) is 2. The van der Waals surface area contributed by atoms with Crippen LogP contribution in [0.1, 0.15) is 33.1 Å². The van der Waals surface area contributed by atoms with Crippen molar-refractivity contribution < 1.29 is 17.9 Å². The maximum Gasteiger partial charge on any atom is 0.163 e. The Morgan fingerprint density at radius 2 is 2.00 bits per heavy atom. The minimum absolute atomic E-state index is 0.0552. The van der Waals surface area contributed by atoms with Gasteiger partial charge in [-0.2, -0.15) is 0 Å². The molecule has 0 spiro atoms. The van der Waals surface area contributed by atoms with Crippen LogP contribution in [-0.2, 0) is 20.2 Å². The van der Waals surface area contributed by atoms with Crippen LogP contribution in [0.15, 0.2) is 0 Å². The third-order valence-corrected chi connectivity index (χ3v) is 4.29. The Hall–Kier alpha value is -0.130. The highest BCUT2D eigenvalue weighted by Crippen LogP contribution is 2.45. The SMILES string of the molecule is CC1(C)OC[C@H](CC2([SH](=O)=O)CC2)O1. The fraction of sp³-hybridized carbons (Fsp3) is 1.00. The molecule has 0 unspecified atom stereocenters. The lowest BCUT2D eigenvalue weighted by atomic mass is 10.2. The van der Waals surface area contributed by atoms with E-state index in [1.54, 1.807) is 0 Å². The van der Waals surface area contributed by atoms with Crippen molar-refractivity contribution in [3.8, 4) is 0 Å². The first kappa shape index (κ1) is 10.4. The maximum atomic E-state index is 11.0. The molecular formula is C9H16O4S. The Morgan fingerprint density at radius 1 is 1.36 bits per heavy atom. The van der Waals surface area contributed by atoms with Crippen molar-refractivity contribution in [3.63, 3.8) is 0 Å². The van der Waals surface area contributed by atoms with Crippen LogP contribution in [0.25, 0.3) is 0 Å². The Balaban J connectivity index is 1.94. The average Bonchev–Trinajstić information content (AvgIpc) is 2.74. The molecule has 0 aromatic rings. The second-order valence-electron chi connectivity index (χ2n) is 4.64. The molecule has 4 nitrogen and oxygen atoms in total. The Morgan fingerprint density at radius 3 is 2.36 bits per heavy atom. The third kappa shape index (κ3) is 1.94. The molecule has 2 rings (SSSR count). The third-order valence-electron chi connectivity index (χ3n) is 2.89. The van der Waals surface area contributed by atoms with Gasteiger partial charge in [-0.25, -0.2) is 8.42 Å². The molecule has 0 aromatic heterocycles. The molecule has 1 aliphatic carbocycles. The number of hydrogen-bond donors (Lipinski definition) is 1. The lowest BCUT2D eigenvalue weighted by molar-refractivity contribution is -0.139. The van der Waals surface area contributed by atoms with Gasteiger partial charge in [-0.3, -0.25) is 0 Å². The minimum Gasteiger partial charge on any atom is -0.348 e. The van der Waals surface area contributed by atoms with Crippen LogP contribution in [0, 0.1) is 0 Å². The molecule has 82 valence electrons. The van der Waals surface area contributed by atoms with Crippen molar-refractivity contribution in [3.05, 3.63) is 0 Å². The van der Waals surface area contributed by atoms with Gasteiger partial charge in [0.05, 0.1) is 17.5 Å². The molecule has 1 aliphatic heterocycles. The summed E-state index contributed by atoms with van der Waals surface area (Å²) in [6.07, 6.45) is 2.10. The van der Waals surface area contributed by atoms with Crippen LogP contribution in [-0.4, -0.2) is 31.7 Å². The zero-order valence-electron chi connectivity index (χ0n) is 8.49. The standard InChI is InChI=1S/C9H16O4S/c1-8(2)12-6-7(13-8)5-9(3-4-9)14(10)11/h7,14H,3-6H2,1-2H3/t7-/m0/s1. The van der Waals surface area contributed by atoms with Crippen molar-refractivity contribution >= 4 is 10.7 Å². The molecule has 2 fully saturated rings. The Labute approximate surface area is 85.5 Å². The predicted molar refractivity (Wildman–Crippen MR) is 51.8 cm³/mol. The lowest BCUT2D eigenvalue weighted by Crippen LogP contribution is -2.25. The van der Waals surface area contributed by atoms with E-state index in [9.17, 15) is 8.42 Å². The first-order valence-electron chi connectivity index (χ1n) is 4.90. The topological polar surface area (TPSA) is 52.6 Å². The van der Waals surface area contributed by atoms with Gasteiger partial charge in [0.25, 0.3) is 0 Å². The summed E-state index contributed by atoms with van der Waals surface area (Å²) in [5.74, 6) is -0.546. The van der Waals surface area contributed by atoms with Gasteiger partial charge in [0, 0.05) is 0 Å². The van der Waals surface area contributed by atoms with Gasteiger partial charge in [0.2, 0.25) is 0 Å². The summed E-state index contributed by atoms with van der Waals surface area (Å²) in [7, 11) is -2.32. The highest BCUT2D eigenvalue weighted by molar-refractivity contribution is 7.74. The van der Waals surface area contributed by atoms with Gasteiger partial charge in [-0.1, -0.05) is 0 Å². The van der Waals surface area contributed by atoms with Crippen LogP contribution in [0.5, 0.6) is 0 Å². The number of thiol groups is 1. The van der Waals surface area contributed by atoms with Gasteiger partial charge in [-0.15, -0.1) is 0 Å². The predicted octanol–water partition coefficient (Wildman–Crippen LogP) is 0.672. The Kier molecular flexibility index (Phi) is 2.36.